The molecule has 0 radical (unpaired) electrons. The van der Waals surface area contributed by atoms with Gasteiger partial charge in [0.1, 0.15) is 0 Å². The Morgan fingerprint density at radius 1 is 1.00 bits per heavy atom. The Hall–Kier alpha value is -2.24. The Kier molecular flexibility index (Phi) is 4.51. The lowest BCUT2D eigenvalue weighted by molar-refractivity contribution is 0.109. The summed E-state index contributed by atoms with van der Waals surface area (Å²) in [5, 5.41) is 10.6. The first-order valence-corrected chi connectivity index (χ1v) is 8.81. The zero-order valence-corrected chi connectivity index (χ0v) is 14.5. The molecular formula is C20H24N2O3. The molecule has 1 N–H and O–H groups in total. The predicted molar refractivity (Wildman–Crippen MR) is 97.4 cm³/mol. The first-order valence-electron chi connectivity index (χ1n) is 8.81. The minimum atomic E-state index is -0.514. The smallest absolute Gasteiger partial charge is 0.231 e. The number of hydrogen-bond acceptors (Lipinski definition) is 5. The molecule has 0 spiro atoms. The van der Waals surface area contributed by atoms with Crippen molar-refractivity contribution in [1.29, 1.82) is 0 Å². The van der Waals surface area contributed by atoms with Crippen LogP contribution in [0.15, 0.2) is 42.5 Å². The van der Waals surface area contributed by atoms with Crippen molar-refractivity contribution in [2.75, 3.05) is 44.4 Å². The van der Waals surface area contributed by atoms with E-state index in [-0.39, 0.29) is 6.79 Å². The number of β-amino-alcohol motifs (C(OH)–C–C–N with tert-alkyl or cyclic N) is 1. The number of aliphatic hydroxyl groups excluding tert-OH is 1. The third-order valence-electron chi connectivity index (χ3n) is 5.04. The predicted octanol–water partition coefficient (Wildman–Crippen LogP) is 2.58. The van der Waals surface area contributed by atoms with Crippen LogP contribution >= 0.6 is 0 Å². The summed E-state index contributed by atoms with van der Waals surface area (Å²) in [4.78, 5) is 4.75. The van der Waals surface area contributed by atoms with Gasteiger partial charge in [-0.1, -0.05) is 24.3 Å². The summed E-state index contributed by atoms with van der Waals surface area (Å²) in [5.41, 5.74) is 3.51. The normalized spacial score (nSPS) is 18.4. The third kappa shape index (κ3) is 3.43. The van der Waals surface area contributed by atoms with E-state index >= 15 is 0 Å². The summed E-state index contributed by atoms with van der Waals surface area (Å²) in [5.74, 6) is 1.48. The number of fused-ring (bicyclic) bond motifs is 1. The van der Waals surface area contributed by atoms with Crippen LogP contribution in [0, 0.1) is 6.92 Å². The average molecular weight is 340 g/mol. The highest BCUT2D eigenvalue weighted by Gasteiger charge is 2.22. The number of rotatable bonds is 4. The molecule has 1 saturated heterocycles. The monoisotopic (exact) mass is 340 g/mol. The van der Waals surface area contributed by atoms with E-state index < -0.39 is 6.10 Å². The second-order valence-corrected chi connectivity index (χ2v) is 6.70. The van der Waals surface area contributed by atoms with Gasteiger partial charge >= 0.3 is 0 Å². The van der Waals surface area contributed by atoms with Crippen molar-refractivity contribution < 1.29 is 14.6 Å². The van der Waals surface area contributed by atoms with Gasteiger partial charge in [0.15, 0.2) is 11.5 Å². The van der Waals surface area contributed by atoms with Crippen LogP contribution in [-0.2, 0) is 0 Å². The van der Waals surface area contributed by atoms with Crippen molar-refractivity contribution in [2.24, 2.45) is 0 Å². The van der Waals surface area contributed by atoms with E-state index in [1.54, 1.807) is 0 Å². The molecular weight excluding hydrogens is 316 g/mol. The van der Waals surface area contributed by atoms with Crippen molar-refractivity contribution in [3.63, 3.8) is 0 Å². The van der Waals surface area contributed by atoms with E-state index in [1.807, 2.05) is 18.2 Å². The number of hydrogen-bond donors (Lipinski definition) is 1. The summed E-state index contributed by atoms with van der Waals surface area (Å²) in [7, 11) is 0. The second kappa shape index (κ2) is 6.94. The molecule has 1 unspecified atom stereocenters. The molecule has 25 heavy (non-hydrogen) atoms. The van der Waals surface area contributed by atoms with Crippen LogP contribution < -0.4 is 14.4 Å². The van der Waals surface area contributed by atoms with Crippen LogP contribution in [-0.4, -0.2) is 49.5 Å². The topological polar surface area (TPSA) is 45.2 Å². The van der Waals surface area contributed by atoms with E-state index in [0.29, 0.717) is 6.54 Å². The quantitative estimate of drug-likeness (QED) is 0.927. The number of anilines is 1. The van der Waals surface area contributed by atoms with Crippen molar-refractivity contribution in [3.05, 3.63) is 53.6 Å². The number of benzene rings is 2. The van der Waals surface area contributed by atoms with Gasteiger partial charge in [0.05, 0.1) is 6.10 Å². The largest absolute Gasteiger partial charge is 0.454 e. The van der Waals surface area contributed by atoms with Gasteiger partial charge in [-0.15, -0.1) is 0 Å². The maximum atomic E-state index is 10.6. The lowest BCUT2D eigenvalue weighted by Gasteiger charge is -2.37. The molecule has 132 valence electrons. The molecule has 2 aromatic rings. The van der Waals surface area contributed by atoms with Crippen LogP contribution in [0.25, 0.3) is 0 Å². The van der Waals surface area contributed by atoms with Crippen molar-refractivity contribution in [2.45, 2.75) is 13.0 Å². The lowest BCUT2D eigenvalue weighted by Crippen LogP contribution is -2.47. The Bertz CT molecular complexity index is 741. The van der Waals surface area contributed by atoms with Crippen molar-refractivity contribution >= 4 is 5.69 Å². The fourth-order valence-electron chi connectivity index (χ4n) is 3.56. The third-order valence-corrected chi connectivity index (χ3v) is 5.04. The molecule has 0 aliphatic carbocycles. The molecule has 2 heterocycles. The van der Waals surface area contributed by atoms with Crippen LogP contribution in [0.3, 0.4) is 0 Å². The molecule has 0 amide bonds. The highest BCUT2D eigenvalue weighted by Crippen LogP contribution is 2.34. The van der Waals surface area contributed by atoms with Crippen LogP contribution in [0.4, 0.5) is 5.69 Å². The lowest BCUT2D eigenvalue weighted by atomic mass is 10.1. The van der Waals surface area contributed by atoms with Crippen LogP contribution in [0.5, 0.6) is 11.5 Å². The molecule has 2 aliphatic heterocycles. The minimum Gasteiger partial charge on any atom is -0.454 e. The van der Waals surface area contributed by atoms with E-state index in [9.17, 15) is 5.11 Å². The number of nitrogens with zero attached hydrogens (tertiary/aromatic N) is 2. The van der Waals surface area contributed by atoms with E-state index in [0.717, 1.165) is 43.2 Å². The highest BCUT2D eigenvalue weighted by molar-refractivity contribution is 5.53. The number of para-hydroxylation sites is 1. The Morgan fingerprint density at radius 3 is 2.56 bits per heavy atom. The fourth-order valence-corrected chi connectivity index (χ4v) is 3.56. The maximum absolute atomic E-state index is 10.6. The molecule has 5 heteroatoms. The van der Waals surface area contributed by atoms with Crippen LogP contribution in [0.2, 0.25) is 0 Å². The molecule has 1 atom stereocenters. The van der Waals surface area contributed by atoms with Crippen molar-refractivity contribution in [3.8, 4) is 11.5 Å². The molecule has 0 bridgehead atoms. The molecule has 2 aromatic carbocycles. The van der Waals surface area contributed by atoms with Crippen molar-refractivity contribution in [1.82, 2.24) is 4.90 Å². The summed E-state index contributed by atoms with van der Waals surface area (Å²) in [6.07, 6.45) is -0.514. The minimum absolute atomic E-state index is 0.260. The van der Waals surface area contributed by atoms with Gasteiger partial charge in [0.2, 0.25) is 6.79 Å². The number of aliphatic hydroxyl groups is 1. The van der Waals surface area contributed by atoms with Gasteiger partial charge in [-0.05, 0) is 36.2 Å². The average Bonchev–Trinajstić information content (AvgIpc) is 3.10. The number of piperazine rings is 1. The number of ether oxygens (including phenoxy) is 2. The molecule has 4 rings (SSSR count). The first-order chi connectivity index (χ1) is 12.2. The second-order valence-electron chi connectivity index (χ2n) is 6.70. The summed E-state index contributed by atoms with van der Waals surface area (Å²) in [6.45, 7) is 6.94. The van der Waals surface area contributed by atoms with Crippen LogP contribution in [0.1, 0.15) is 17.2 Å². The van der Waals surface area contributed by atoms with Gasteiger partial charge in [0.25, 0.3) is 0 Å². The maximum Gasteiger partial charge on any atom is 0.231 e. The molecule has 0 saturated carbocycles. The molecule has 2 aliphatic rings. The molecule has 0 aromatic heterocycles. The number of aryl methyl sites for hydroxylation is 1. The fraction of sp³-hybridized carbons (Fsp3) is 0.400. The van der Waals surface area contributed by atoms with E-state index in [2.05, 4.69) is 41.0 Å². The Balaban J connectivity index is 1.35. The zero-order valence-electron chi connectivity index (χ0n) is 14.5. The SMILES string of the molecule is Cc1ccccc1N1CCN(CC(O)c2ccc3c(c2)OCO3)CC1. The zero-order chi connectivity index (χ0) is 17.2. The molecule has 1 fully saturated rings. The highest BCUT2D eigenvalue weighted by atomic mass is 16.7. The first kappa shape index (κ1) is 16.2. The van der Waals surface area contributed by atoms with Gasteiger partial charge in [-0.25, -0.2) is 0 Å². The van der Waals surface area contributed by atoms with Gasteiger partial charge in [0, 0.05) is 38.4 Å². The summed E-state index contributed by atoms with van der Waals surface area (Å²) in [6, 6.07) is 14.2. The summed E-state index contributed by atoms with van der Waals surface area (Å²) < 4.78 is 10.7. The van der Waals surface area contributed by atoms with Gasteiger partial charge < -0.3 is 19.5 Å². The summed E-state index contributed by atoms with van der Waals surface area (Å²) >= 11 is 0. The Morgan fingerprint density at radius 2 is 1.76 bits per heavy atom. The molecule has 5 nitrogen and oxygen atoms in total. The standard InChI is InChI=1S/C20H24N2O3/c1-15-4-2-3-5-17(15)22-10-8-21(9-11-22)13-18(23)16-6-7-19-20(12-16)25-14-24-19/h2-7,12,18,23H,8-11,13-14H2,1H3. The Labute approximate surface area is 148 Å². The van der Waals surface area contributed by atoms with E-state index in [1.165, 1.54) is 11.3 Å². The van der Waals surface area contributed by atoms with Gasteiger partial charge in [-0.2, -0.15) is 0 Å². The van der Waals surface area contributed by atoms with E-state index in [4.69, 9.17) is 9.47 Å². The van der Waals surface area contributed by atoms with Gasteiger partial charge in [-0.3, -0.25) is 4.90 Å².